The molecule has 2 heteroatoms. The molecule has 1 aromatic carbocycles. The quantitative estimate of drug-likeness (QED) is 0.731. The molecule has 2 rings (SSSR count). The molecule has 0 atom stereocenters. The van der Waals surface area contributed by atoms with E-state index in [1.54, 1.807) is 0 Å². The third-order valence-corrected chi connectivity index (χ3v) is 3.93. The molecule has 0 amide bonds. The van der Waals surface area contributed by atoms with Gasteiger partial charge in [-0.25, -0.2) is 0 Å². The fraction of sp³-hybridized carbons (Fsp3) is 0.647. The highest BCUT2D eigenvalue weighted by molar-refractivity contribution is 6.31. The molecule has 0 aromatic heterocycles. The topological polar surface area (TPSA) is 3.24 Å². The van der Waals surface area contributed by atoms with Crippen molar-refractivity contribution in [2.24, 2.45) is 0 Å². The molecule has 0 fully saturated rings. The van der Waals surface area contributed by atoms with Gasteiger partial charge in [-0.2, -0.15) is 0 Å². The summed E-state index contributed by atoms with van der Waals surface area (Å²) >= 11 is 6.40. The molecule has 1 heterocycles. The Balaban J connectivity index is 0.000000861. The van der Waals surface area contributed by atoms with Gasteiger partial charge >= 0.3 is 0 Å². The second-order valence-electron chi connectivity index (χ2n) is 5.32. The summed E-state index contributed by atoms with van der Waals surface area (Å²) < 4.78 is 0. The number of hydrogen-bond acceptors (Lipinski definition) is 1. The molecule has 0 aliphatic carbocycles. The van der Waals surface area contributed by atoms with Crippen molar-refractivity contribution < 1.29 is 0 Å². The lowest BCUT2D eigenvalue weighted by atomic mass is 9.93. The van der Waals surface area contributed by atoms with E-state index in [4.69, 9.17) is 11.6 Å². The van der Waals surface area contributed by atoms with Crippen LogP contribution in [0.2, 0.25) is 5.02 Å². The summed E-state index contributed by atoms with van der Waals surface area (Å²) in [6.07, 6.45) is 2.33. The Morgan fingerprint density at radius 2 is 1.95 bits per heavy atom. The standard InChI is InChI=1S/C15H22ClN.C2H6/c1-4-6-17-7-5-14-13(10-17)8-12(11(2)3)9-15(14)16;1-2/h8-9,11H,4-7,10H2,1-3H3;1-2H3. The van der Waals surface area contributed by atoms with Gasteiger partial charge in [-0.15, -0.1) is 0 Å². The minimum Gasteiger partial charge on any atom is -0.299 e. The first-order chi connectivity index (χ1) is 9.11. The van der Waals surface area contributed by atoms with E-state index in [0.717, 1.165) is 24.5 Å². The van der Waals surface area contributed by atoms with Crippen LogP contribution in [0.4, 0.5) is 0 Å². The molecule has 19 heavy (non-hydrogen) atoms. The summed E-state index contributed by atoms with van der Waals surface area (Å²) in [6, 6.07) is 4.51. The molecule has 108 valence electrons. The predicted molar refractivity (Wildman–Crippen MR) is 86.2 cm³/mol. The van der Waals surface area contributed by atoms with E-state index in [1.165, 1.54) is 29.7 Å². The molecule has 0 bridgehead atoms. The summed E-state index contributed by atoms with van der Waals surface area (Å²) in [5.74, 6) is 0.555. The molecule has 1 aliphatic heterocycles. The normalized spacial score (nSPS) is 14.9. The predicted octanol–water partition coefficient (Wildman–Crippen LogP) is 5.26. The van der Waals surface area contributed by atoms with Crippen molar-refractivity contribution in [2.45, 2.75) is 59.9 Å². The van der Waals surface area contributed by atoms with Gasteiger partial charge in [0.2, 0.25) is 0 Å². The molecule has 1 nitrogen and oxygen atoms in total. The van der Waals surface area contributed by atoms with E-state index < -0.39 is 0 Å². The van der Waals surface area contributed by atoms with Crippen molar-refractivity contribution in [2.75, 3.05) is 13.1 Å². The van der Waals surface area contributed by atoms with E-state index >= 15 is 0 Å². The van der Waals surface area contributed by atoms with Crippen molar-refractivity contribution in [1.82, 2.24) is 4.90 Å². The van der Waals surface area contributed by atoms with Crippen LogP contribution in [-0.4, -0.2) is 18.0 Å². The van der Waals surface area contributed by atoms with Crippen molar-refractivity contribution in [3.05, 3.63) is 33.8 Å². The Bertz CT molecular complexity index is 398. The summed E-state index contributed by atoms with van der Waals surface area (Å²) in [5, 5.41) is 0.974. The zero-order valence-electron chi connectivity index (χ0n) is 13.1. The van der Waals surface area contributed by atoms with Crippen molar-refractivity contribution in [1.29, 1.82) is 0 Å². The highest BCUT2D eigenvalue weighted by Gasteiger charge is 2.19. The fourth-order valence-electron chi connectivity index (χ4n) is 2.57. The molecular formula is C17H28ClN. The van der Waals surface area contributed by atoms with Crippen LogP contribution in [0.1, 0.15) is 63.6 Å². The van der Waals surface area contributed by atoms with Gasteiger partial charge in [0, 0.05) is 18.1 Å². The minimum atomic E-state index is 0.555. The van der Waals surface area contributed by atoms with Crippen LogP contribution in [0.25, 0.3) is 0 Å². The Labute approximate surface area is 124 Å². The summed E-state index contributed by atoms with van der Waals surface area (Å²) in [6.45, 7) is 14.1. The number of halogens is 1. The monoisotopic (exact) mass is 281 g/mol. The Morgan fingerprint density at radius 1 is 1.26 bits per heavy atom. The molecule has 1 aliphatic rings. The van der Waals surface area contributed by atoms with E-state index in [0.29, 0.717) is 5.92 Å². The number of hydrogen-bond donors (Lipinski definition) is 0. The van der Waals surface area contributed by atoms with Gasteiger partial charge in [0.1, 0.15) is 0 Å². The summed E-state index contributed by atoms with van der Waals surface area (Å²) in [4.78, 5) is 2.53. The number of nitrogens with zero attached hydrogens (tertiary/aromatic N) is 1. The smallest absolute Gasteiger partial charge is 0.0444 e. The molecule has 1 aromatic rings. The molecular weight excluding hydrogens is 254 g/mol. The maximum atomic E-state index is 6.40. The average Bonchev–Trinajstić information content (AvgIpc) is 2.41. The molecule has 0 spiro atoms. The molecule has 0 N–H and O–H groups in total. The SMILES string of the molecule is CC.CCCN1CCc2c(Cl)cc(C(C)C)cc2C1. The van der Waals surface area contributed by atoms with Crippen LogP contribution in [0, 0.1) is 0 Å². The first kappa shape index (κ1) is 16.5. The Hall–Kier alpha value is -0.530. The minimum absolute atomic E-state index is 0.555. The zero-order valence-corrected chi connectivity index (χ0v) is 13.8. The van der Waals surface area contributed by atoms with Crippen molar-refractivity contribution in [3.8, 4) is 0 Å². The Kier molecular flexibility index (Phi) is 6.88. The van der Waals surface area contributed by atoms with Gasteiger partial charge in [0.05, 0.1) is 0 Å². The number of benzene rings is 1. The lowest BCUT2D eigenvalue weighted by Gasteiger charge is -2.29. The summed E-state index contributed by atoms with van der Waals surface area (Å²) in [7, 11) is 0. The van der Waals surface area contributed by atoms with Crippen molar-refractivity contribution in [3.63, 3.8) is 0 Å². The number of fused-ring (bicyclic) bond motifs is 1. The van der Waals surface area contributed by atoms with Crippen LogP contribution < -0.4 is 0 Å². The first-order valence-electron chi connectivity index (χ1n) is 7.65. The van der Waals surface area contributed by atoms with Gasteiger partial charge in [0.25, 0.3) is 0 Å². The van der Waals surface area contributed by atoms with E-state index in [2.05, 4.69) is 37.8 Å². The van der Waals surface area contributed by atoms with Gasteiger partial charge in [-0.05, 0) is 48.1 Å². The lowest BCUT2D eigenvalue weighted by Crippen LogP contribution is -2.31. The van der Waals surface area contributed by atoms with Crippen LogP contribution in [-0.2, 0) is 13.0 Å². The van der Waals surface area contributed by atoms with Gasteiger partial charge in [-0.1, -0.05) is 52.3 Å². The van der Waals surface area contributed by atoms with E-state index in [9.17, 15) is 0 Å². The van der Waals surface area contributed by atoms with Gasteiger partial charge in [0.15, 0.2) is 0 Å². The lowest BCUT2D eigenvalue weighted by molar-refractivity contribution is 0.254. The highest BCUT2D eigenvalue weighted by atomic mass is 35.5. The largest absolute Gasteiger partial charge is 0.299 e. The van der Waals surface area contributed by atoms with Crippen LogP contribution >= 0.6 is 11.6 Å². The molecule has 0 saturated heterocycles. The van der Waals surface area contributed by atoms with E-state index in [1.807, 2.05) is 13.8 Å². The fourth-order valence-corrected chi connectivity index (χ4v) is 2.91. The third kappa shape index (κ3) is 4.22. The molecule has 0 radical (unpaired) electrons. The van der Waals surface area contributed by atoms with Crippen LogP contribution in [0.3, 0.4) is 0 Å². The average molecular weight is 282 g/mol. The van der Waals surface area contributed by atoms with Crippen molar-refractivity contribution >= 4 is 11.6 Å². The molecule has 0 unspecified atom stereocenters. The maximum absolute atomic E-state index is 6.40. The van der Waals surface area contributed by atoms with Crippen LogP contribution in [0.15, 0.2) is 12.1 Å². The zero-order chi connectivity index (χ0) is 14.4. The first-order valence-corrected chi connectivity index (χ1v) is 8.03. The Morgan fingerprint density at radius 3 is 2.53 bits per heavy atom. The second-order valence-corrected chi connectivity index (χ2v) is 5.73. The highest BCUT2D eigenvalue weighted by Crippen LogP contribution is 2.30. The third-order valence-electron chi connectivity index (χ3n) is 3.59. The number of rotatable bonds is 3. The van der Waals surface area contributed by atoms with Gasteiger partial charge in [-0.3, -0.25) is 4.90 Å². The molecule has 0 saturated carbocycles. The summed E-state index contributed by atoms with van der Waals surface area (Å²) in [5.41, 5.74) is 4.19. The van der Waals surface area contributed by atoms with Gasteiger partial charge < -0.3 is 0 Å². The van der Waals surface area contributed by atoms with E-state index in [-0.39, 0.29) is 0 Å². The maximum Gasteiger partial charge on any atom is 0.0444 e. The second kappa shape index (κ2) is 7.91. The van der Waals surface area contributed by atoms with Crippen LogP contribution in [0.5, 0.6) is 0 Å².